The van der Waals surface area contributed by atoms with Gasteiger partial charge in [0, 0.05) is 48.7 Å². The summed E-state index contributed by atoms with van der Waals surface area (Å²) in [6.45, 7) is 7.53. The number of carbonyl (C=O) groups excluding carboxylic acids is 1. The van der Waals surface area contributed by atoms with Crippen molar-refractivity contribution in [2.24, 2.45) is 11.7 Å². The molecule has 1 aliphatic heterocycles. The number of hydrogen-bond donors (Lipinski definition) is 1. The van der Waals surface area contributed by atoms with Gasteiger partial charge in [-0.1, -0.05) is 0 Å². The Morgan fingerprint density at radius 2 is 1.93 bits per heavy atom. The highest BCUT2D eigenvalue weighted by Gasteiger charge is 2.31. The molecule has 4 aromatic heterocycles. The summed E-state index contributed by atoms with van der Waals surface area (Å²) in [5, 5.41) is 0.911. The number of ether oxygens (including phenoxy) is 1. The Labute approximate surface area is 246 Å². The molecule has 0 aromatic carbocycles. The highest BCUT2D eigenvalue weighted by molar-refractivity contribution is 7.92. The Kier molecular flexibility index (Phi) is 7.17. The van der Waals surface area contributed by atoms with Crippen LogP contribution in [-0.2, 0) is 16.6 Å². The average Bonchev–Trinajstić information content (AvgIpc) is 3.63. The molecule has 0 spiro atoms. The van der Waals surface area contributed by atoms with E-state index in [4.69, 9.17) is 20.4 Å². The molecule has 2 N–H and O–H groups in total. The molecule has 5 heterocycles. The second-order valence-electron chi connectivity index (χ2n) is 11.7. The standard InChI is InChI=1S/C30H39N7O4S/c1-6-36(42(5,39)40)25-12-11-21-14-24(35(29(21)33-25)17-20-9-10-20)28-19(3)37-26(32-28)15-22(16-27(37)41-4)30(38)34-13-7-8-23(31)18(34)2/h11-12,14-16,18,20,23H,6-10,13,17,31H2,1-5H3/t18-,23-/m1/s1. The first-order valence-electron chi connectivity index (χ1n) is 14.6. The van der Waals surface area contributed by atoms with Crippen molar-refractivity contribution < 1.29 is 17.9 Å². The van der Waals surface area contributed by atoms with E-state index in [9.17, 15) is 13.2 Å². The van der Waals surface area contributed by atoms with Gasteiger partial charge in [-0.05, 0) is 76.6 Å². The van der Waals surface area contributed by atoms with Gasteiger partial charge >= 0.3 is 0 Å². The first-order chi connectivity index (χ1) is 20.0. The topological polar surface area (TPSA) is 128 Å². The quantitative estimate of drug-likeness (QED) is 0.329. The van der Waals surface area contributed by atoms with Gasteiger partial charge in [-0.25, -0.2) is 18.4 Å². The molecule has 2 aliphatic rings. The van der Waals surface area contributed by atoms with Crippen molar-refractivity contribution in [1.82, 2.24) is 23.8 Å². The summed E-state index contributed by atoms with van der Waals surface area (Å²) in [5.74, 6) is 1.39. The van der Waals surface area contributed by atoms with E-state index in [1.165, 1.54) is 10.6 Å². The van der Waals surface area contributed by atoms with Crippen molar-refractivity contribution in [1.29, 1.82) is 0 Å². The van der Waals surface area contributed by atoms with Crippen LogP contribution in [0, 0.1) is 12.8 Å². The van der Waals surface area contributed by atoms with Crippen LogP contribution in [-0.4, -0.2) is 76.7 Å². The lowest BCUT2D eigenvalue weighted by Gasteiger charge is -2.37. The van der Waals surface area contributed by atoms with Crippen molar-refractivity contribution in [3.63, 3.8) is 0 Å². The fourth-order valence-electron chi connectivity index (χ4n) is 6.18. The molecule has 4 aromatic rings. The summed E-state index contributed by atoms with van der Waals surface area (Å²) >= 11 is 0. The Balaban J connectivity index is 1.48. The SMILES string of the molecule is CCN(c1ccc2cc(-c3nc4cc(C(=O)N5CCC[C@@H](N)[C@H]5C)cc(OC)n4c3C)n(CC3CC3)c2n1)S(C)(=O)=O. The van der Waals surface area contributed by atoms with Crippen LogP contribution in [0.1, 0.15) is 55.6 Å². The number of pyridine rings is 2. The van der Waals surface area contributed by atoms with Crippen molar-refractivity contribution in [2.75, 3.05) is 30.8 Å². The summed E-state index contributed by atoms with van der Waals surface area (Å²) < 4.78 is 36.1. The van der Waals surface area contributed by atoms with Crippen LogP contribution in [0.3, 0.4) is 0 Å². The van der Waals surface area contributed by atoms with Crippen molar-refractivity contribution in [3.05, 3.63) is 41.6 Å². The van der Waals surface area contributed by atoms with Gasteiger partial charge in [-0.3, -0.25) is 13.5 Å². The molecule has 6 rings (SSSR count). The summed E-state index contributed by atoms with van der Waals surface area (Å²) in [7, 11) is -1.87. The van der Waals surface area contributed by atoms with Gasteiger partial charge in [0.15, 0.2) is 5.88 Å². The number of methoxy groups -OCH3 is 1. The normalized spacial score (nSPS) is 19.5. The predicted octanol–water partition coefficient (Wildman–Crippen LogP) is 3.82. The number of nitrogens with zero attached hydrogens (tertiary/aromatic N) is 6. The lowest BCUT2D eigenvalue weighted by molar-refractivity contribution is 0.0604. The largest absolute Gasteiger partial charge is 0.482 e. The lowest BCUT2D eigenvalue weighted by atomic mass is 9.97. The maximum Gasteiger partial charge on any atom is 0.254 e. The summed E-state index contributed by atoms with van der Waals surface area (Å²) in [5.41, 5.74) is 10.7. The third kappa shape index (κ3) is 4.90. The molecule has 1 saturated carbocycles. The number of nitrogens with two attached hydrogens (primary N) is 1. The molecular formula is C30H39N7O4S. The minimum Gasteiger partial charge on any atom is -0.482 e. The number of piperidine rings is 1. The van der Waals surface area contributed by atoms with Crippen LogP contribution < -0.4 is 14.8 Å². The number of imidazole rings is 1. The van der Waals surface area contributed by atoms with Gasteiger partial charge in [-0.15, -0.1) is 0 Å². The Morgan fingerprint density at radius 1 is 1.17 bits per heavy atom. The average molecular weight is 594 g/mol. The number of rotatable bonds is 8. The van der Waals surface area contributed by atoms with Crippen molar-refractivity contribution in [3.8, 4) is 17.3 Å². The van der Waals surface area contributed by atoms with E-state index in [0.717, 1.165) is 60.3 Å². The van der Waals surface area contributed by atoms with E-state index in [1.54, 1.807) is 26.2 Å². The molecule has 11 nitrogen and oxygen atoms in total. The third-order valence-electron chi connectivity index (χ3n) is 8.73. The molecule has 1 aliphatic carbocycles. The molecule has 0 unspecified atom stereocenters. The van der Waals surface area contributed by atoms with Crippen molar-refractivity contribution >= 4 is 38.4 Å². The van der Waals surface area contributed by atoms with Crippen molar-refractivity contribution in [2.45, 2.75) is 65.1 Å². The second-order valence-corrected chi connectivity index (χ2v) is 13.6. The minimum absolute atomic E-state index is 0.0436. The van der Waals surface area contributed by atoms with Gasteiger partial charge in [0.2, 0.25) is 10.0 Å². The van der Waals surface area contributed by atoms with E-state index in [-0.39, 0.29) is 18.0 Å². The summed E-state index contributed by atoms with van der Waals surface area (Å²) in [4.78, 5) is 25.4. The number of fused-ring (bicyclic) bond motifs is 2. The van der Waals surface area contributed by atoms with E-state index in [0.29, 0.717) is 41.9 Å². The van der Waals surface area contributed by atoms with E-state index >= 15 is 0 Å². The van der Waals surface area contributed by atoms with Gasteiger partial charge < -0.3 is 19.9 Å². The number of aromatic nitrogens is 4. The smallest absolute Gasteiger partial charge is 0.254 e. The Bertz CT molecular complexity index is 1790. The van der Waals surface area contributed by atoms with Crippen LogP contribution in [0.4, 0.5) is 5.82 Å². The van der Waals surface area contributed by atoms with Crippen LogP contribution in [0.15, 0.2) is 30.3 Å². The third-order valence-corrected chi connectivity index (χ3v) is 9.98. The molecule has 1 amide bonds. The molecule has 0 bridgehead atoms. The van der Waals surface area contributed by atoms with Gasteiger partial charge in [-0.2, -0.15) is 0 Å². The monoisotopic (exact) mass is 593 g/mol. The van der Waals surface area contributed by atoms with Crippen LogP contribution in [0.2, 0.25) is 0 Å². The van der Waals surface area contributed by atoms with Crippen LogP contribution in [0.25, 0.3) is 28.1 Å². The van der Waals surface area contributed by atoms with E-state index < -0.39 is 10.0 Å². The van der Waals surface area contributed by atoms with Gasteiger partial charge in [0.1, 0.15) is 22.8 Å². The summed E-state index contributed by atoms with van der Waals surface area (Å²) in [6.07, 6.45) is 5.27. The molecule has 2 fully saturated rings. The molecular weight excluding hydrogens is 554 g/mol. The molecule has 2 atom stereocenters. The first-order valence-corrected chi connectivity index (χ1v) is 16.5. The Morgan fingerprint density at radius 3 is 2.60 bits per heavy atom. The molecule has 224 valence electrons. The molecule has 0 radical (unpaired) electrons. The van der Waals surface area contributed by atoms with Gasteiger partial charge in [0.05, 0.1) is 24.8 Å². The molecule has 12 heteroatoms. The number of carbonyl (C=O) groups is 1. The van der Waals surface area contributed by atoms with E-state index in [2.05, 4.69) is 10.6 Å². The lowest BCUT2D eigenvalue weighted by Crippen LogP contribution is -2.52. The highest BCUT2D eigenvalue weighted by atomic mass is 32.2. The van der Waals surface area contributed by atoms with Gasteiger partial charge in [0.25, 0.3) is 5.91 Å². The number of likely N-dealkylation sites (tertiary alicyclic amines) is 1. The zero-order valence-corrected chi connectivity index (χ0v) is 25.7. The van der Waals surface area contributed by atoms with Crippen LogP contribution in [0.5, 0.6) is 5.88 Å². The number of anilines is 1. The summed E-state index contributed by atoms with van der Waals surface area (Å²) in [6, 6.07) is 9.25. The minimum atomic E-state index is -3.47. The Hall–Kier alpha value is -3.64. The number of hydrogen-bond acceptors (Lipinski definition) is 7. The molecule has 42 heavy (non-hydrogen) atoms. The fraction of sp³-hybridized carbons (Fsp3) is 0.500. The number of aryl methyl sites for hydroxylation is 1. The maximum absolute atomic E-state index is 13.6. The maximum atomic E-state index is 13.6. The number of amides is 1. The highest BCUT2D eigenvalue weighted by Crippen LogP contribution is 2.38. The zero-order chi connectivity index (χ0) is 29.9. The molecule has 1 saturated heterocycles. The first kappa shape index (κ1) is 28.5. The van der Waals surface area contributed by atoms with Crippen LogP contribution >= 0.6 is 0 Å². The number of sulfonamides is 1. The van der Waals surface area contributed by atoms with E-state index in [1.807, 2.05) is 35.3 Å². The second kappa shape index (κ2) is 10.6. The predicted molar refractivity (Wildman–Crippen MR) is 164 cm³/mol. The zero-order valence-electron chi connectivity index (χ0n) is 24.9. The fourth-order valence-corrected chi connectivity index (χ4v) is 7.09.